The van der Waals surface area contributed by atoms with Crippen LogP contribution in [0.2, 0.25) is 0 Å². The number of hydrogen-bond acceptors (Lipinski definition) is 4. The van der Waals surface area contributed by atoms with Crippen molar-refractivity contribution in [1.29, 1.82) is 0 Å². The molecular weight excluding hydrogens is 332 g/mol. The van der Waals surface area contributed by atoms with Crippen LogP contribution in [0.25, 0.3) is 0 Å². The number of hydrogen-bond donors (Lipinski definition) is 0. The molecule has 1 aliphatic heterocycles. The fourth-order valence-corrected chi connectivity index (χ4v) is 2.89. The number of benzene rings is 2. The lowest BCUT2D eigenvalue weighted by Crippen LogP contribution is -2.41. The topological polar surface area (TPSA) is 59.1 Å². The molecule has 0 spiro atoms. The zero-order valence-corrected chi connectivity index (χ0v) is 15.0. The van der Waals surface area contributed by atoms with Gasteiger partial charge in [0.25, 0.3) is 5.91 Å². The Morgan fingerprint density at radius 3 is 2.65 bits per heavy atom. The van der Waals surface area contributed by atoms with E-state index in [-0.39, 0.29) is 24.8 Å². The van der Waals surface area contributed by atoms with Gasteiger partial charge in [-0.05, 0) is 29.8 Å². The van der Waals surface area contributed by atoms with Crippen LogP contribution in [0.1, 0.15) is 12.0 Å². The molecule has 136 valence electrons. The van der Waals surface area contributed by atoms with Crippen LogP contribution in [-0.2, 0) is 16.1 Å². The van der Waals surface area contributed by atoms with Crippen LogP contribution < -0.4 is 14.4 Å². The maximum absolute atomic E-state index is 12.5. The van der Waals surface area contributed by atoms with E-state index >= 15 is 0 Å². The van der Waals surface area contributed by atoms with E-state index in [2.05, 4.69) is 0 Å². The lowest BCUT2D eigenvalue weighted by molar-refractivity contribution is -0.130. The molecule has 2 aromatic rings. The molecule has 3 rings (SSSR count). The molecule has 0 saturated heterocycles. The van der Waals surface area contributed by atoms with E-state index in [0.29, 0.717) is 24.5 Å². The Hall–Kier alpha value is -3.02. The van der Waals surface area contributed by atoms with Crippen molar-refractivity contribution in [3.8, 4) is 11.5 Å². The first-order valence-corrected chi connectivity index (χ1v) is 8.47. The molecule has 0 atom stereocenters. The largest absolute Gasteiger partial charge is 0.497 e. The monoisotopic (exact) mass is 354 g/mol. The molecule has 0 fully saturated rings. The highest BCUT2D eigenvalue weighted by molar-refractivity contribution is 5.98. The second-order valence-electron chi connectivity index (χ2n) is 6.15. The zero-order chi connectivity index (χ0) is 18.5. The highest BCUT2D eigenvalue weighted by atomic mass is 16.5. The number of amides is 2. The first kappa shape index (κ1) is 17.8. The van der Waals surface area contributed by atoms with E-state index in [0.717, 1.165) is 11.3 Å². The Balaban J connectivity index is 1.58. The first-order valence-electron chi connectivity index (χ1n) is 8.47. The van der Waals surface area contributed by atoms with E-state index in [1.54, 1.807) is 24.0 Å². The van der Waals surface area contributed by atoms with Crippen molar-refractivity contribution < 1.29 is 19.1 Å². The molecule has 6 heteroatoms. The summed E-state index contributed by atoms with van der Waals surface area (Å²) in [6.45, 7) is 0.856. The van der Waals surface area contributed by atoms with Crippen molar-refractivity contribution >= 4 is 17.5 Å². The van der Waals surface area contributed by atoms with Crippen molar-refractivity contribution in [2.75, 3.05) is 32.2 Å². The van der Waals surface area contributed by atoms with Crippen molar-refractivity contribution in [3.63, 3.8) is 0 Å². The average molecular weight is 354 g/mol. The molecule has 2 amide bonds. The van der Waals surface area contributed by atoms with E-state index in [4.69, 9.17) is 9.47 Å². The van der Waals surface area contributed by atoms with Gasteiger partial charge in [-0.3, -0.25) is 9.59 Å². The Kier molecular flexibility index (Phi) is 5.41. The van der Waals surface area contributed by atoms with Gasteiger partial charge in [0, 0.05) is 26.6 Å². The summed E-state index contributed by atoms with van der Waals surface area (Å²) >= 11 is 0. The first-order chi connectivity index (χ1) is 12.6. The molecule has 0 bridgehead atoms. The SMILES string of the molecule is COc1ccc(CN(C)C(=O)CCN2C(=O)COc3ccccc32)cc1. The van der Waals surface area contributed by atoms with Gasteiger partial charge in [0.15, 0.2) is 6.61 Å². The number of rotatable bonds is 6. The van der Waals surface area contributed by atoms with Gasteiger partial charge in [-0.15, -0.1) is 0 Å². The number of ether oxygens (including phenoxy) is 2. The molecule has 0 saturated carbocycles. The van der Waals surface area contributed by atoms with Crippen molar-refractivity contribution in [1.82, 2.24) is 4.90 Å². The lowest BCUT2D eigenvalue weighted by Gasteiger charge is -2.29. The number of methoxy groups -OCH3 is 1. The van der Waals surface area contributed by atoms with E-state index in [9.17, 15) is 9.59 Å². The molecule has 26 heavy (non-hydrogen) atoms. The number of carbonyl (C=O) groups excluding carboxylic acids is 2. The third-order valence-electron chi connectivity index (χ3n) is 4.36. The van der Waals surface area contributed by atoms with Gasteiger partial charge in [0.1, 0.15) is 11.5 Å². The lowest BCUT2D eigenvalue weighted by atomic mass is 10.2. The van der Waals surface area contributed by atoms with Gasteiger partial charge in [0.2, 0.25) is 5.91 Å². The van der Waals surface area contributed by atoms with E-state index < -0.39 is 0 Å². The quantitative estimate of drug-likeness (QED) is 0.800. The Labute approximate surface area is 152 Å². The predicted octanol–water partition coefficient (Wildman–Crippen LogP) is 2.47. The maximum atomic E-state index is 12.5. The van der Waals surface area contributed by atoms with Gasteiger partial charge >= 0.3 is 0 Å². The van der Waals surface area contributed by atoms with Crippen LogP contribution in [0, 0.1) is 0 Å². The van der Waals surface area contributed by atoms with E-state index in [1.807, 2.05) is 48.5 Å². The third kappa shape index (κ3) is 3.96. The summed E-state index contributed by atoms with van der Waals surface area (Å²) in [5.41, 5.74) is 1.74. The normalized spacial score (nSPS) is 13.0. The van der Waals surface area contributed by atoms with Gasteiger partial charge in [-0.25, -0.2) is 0 Å². The molecule has 0 radical (unpaired) electrons. The Morgan fingerprint density at radius 2 is 1.92 bits per heavy atom. The van der Waals surface area contributed by atoms with Crippen molar-refractivity contribution in [2.45, 2.75) is 13.0 Å². The number of nitrogens with zero attached hydrogens (tertiary/aromatic N) is 2. The second kappa shape index (κ2) is 7.91. The summed E-state index contributed by atoms with van der Waals surface area (Å²) in [6, 6.07) is 15.0. The number of para-hydroxylation sites is 2. The van der Waals surface area contributed by atoms with Crippen LogP contribution in [0.4, 0.5) is 5.69 Å². The smallest absolute Gasteiger partial charge is 0.265 e. The maximum Gasteiger partial charge on any atom is 0.265 e. The molecule has 0 aliphatic carbocycles. The van der Waals surface area contributed by atoms with Crippen molar-refractivity contribution in [3.05, 3.63) is 54.1 Å². The molecule has 0 unspecified atom stereocenters. The number of fused-ring (bicyclic) bond motifs is 1. The van der Waals surface area contributed by atoms with Crippen LogP contribution in [0.3, 0.4) is 0 Å². The van der Waals surface area contributed by atoms with Crippen LogP contribution in [0.5, 0.6) is 11.5 Å². The Bertz CT molecular complexity index is 789. The summed E-state index contributed by atoms with van der Waals surface area (Å²) in [5.74, 6) is 1.31. The minimum atomic E-state index is -0.130. The summed E-state index contributed by atoms with van der Waals surface area (Å²) in [5, 5.41) is 0. The highest BCUT2D eigenvalue weighted by Gasteiger charge is 2.25. The average Bonchev–Trinajstić information content (AvgIpc) is 2.67. The molecule has 1 heterocycles. The van der Waals surface area contributed by atoms with Crippen LogP contribution >= 0.6 is 0 Å². The number of carbonyl (C=O) groups is 2. The standard InChI is InChI=1S/C20H22N2O4/c1-21(13-15-7-9-16(25-2)10-8-15)19(23)11-12-22-17-5-3-4-6-18(17)26-14-20(22)24/h3-10H,11-14H2,1-2H3. The fourth-order valence-electron chi connectivity index (χ4n) is 2.89. The van der Waals surface area contributed by atoms with Crippen LogP contribution in [0.15, 0.2) is 48.5 Å². The van der Waals surface area contributed by atoms with Crippen LogP contribution in [-0.4, -0.2) is 44.0 Å². The molecule has 6 nitrogen and oxygen atoms in total. The second-order valence-corrected chi connectivity index (χ2v) is 6.15. The zero-order valence-electron chi connectivity index (χ0n) is 15.0. The summed E-state index contributed by atoms with van der Waals surface area (Å²) in [4.78, 5) is 27.9. The summed E-state index contributed by atoms with van der Waals surface area (Å²) in [7, 11) is 3.39. The van der Waals surface area contributed by atoms with Gasteiger partial charge in [-0.2, -0.15) is 0 Å². The summed E-state index contributed by atoms with van der Waals surface area (Å²) in [6.07, 6.45) is 0.257. The fraction of sp³-hybridized carbons (Fsp3) is 0.300. The van der Waals surface area contributed by atoms with Gasteiger partial charge < -0.3 is 19.3 Å². The van der Waals surface area contributed by atoms with E-state index in [1.165, 1.54) is 0 Å². The molecular formula is C20H22N2O4. The summed E-state index contributed by atoms with van der Waals surface area (Å²) < 4.78 is 10.6. The molecule has 0 aromatic heterocycles. The molecule has 1 aliphatic rings. The van der Waals surface area contributed by atoms with Gasteiger partial charge in [0.05, 0.1) is 12.8 Å². The third-order valence-corrected chi connectivity index (χ3v) is 4.36. The minimum absolute atomic E-state index is 0.00684. The Morgan fingerprint density at radius 1 is 1.19 bits per heavy atom. The molecule has 0 N–H and O–H groups in total. The van der Waals surface area contributed by atoms with Crippen molar-refractivity contribution in [2.24, 2.45) is 0 Å². The predicted molar refractivity (Wildman–Crippen MR) is 98.4 cm³/mol. The highest BCUT2D eigenvalue weighted by Crippen LogP contribution is 2.31. The van der Waals surface area contributed by atoms with Gasteiger partial charge in [-0.1, -0.05) is 24.3 Å². The molecule has 2 aromatic carbocycles. The minimum Gasteiger partial charge on any atom is -0.497 e. The number of anilines is 1.